The summed E-state index contributed by atoms with van der Waals surface area (Å²) in [4.78, 5) is 6.44. The number of hydrogen-bond acceptors (Lipinski definition) is 4. The molecule has 0 aliphatic heterocycles. The van der Waals surface area contributed by atoms with Crippen molar-refractivity contribution in [1.29, 1.82) is 0 Å². The molecule has 31 heavy (non-hydrogen) atoms. The van der Waals surface area contributed by atoms with Gasteiger partial charge in [-0.2, -0.15) is 0 Å². The molecule has 0 heterocycles. The second kappa shape index (κ2) is 14.7. The molecule has 0 aromatic heterocycles. The van der Waals surface area contributed by atoms with E-state index in [2.05, 4.69) is 80.2 Å². The van der Waals surface area contributed by atoms with Gasteiger partial charge in [0.05, 0.1) is 11.7 Å². The van der Waals surface area contributed by atoms with E-state index in [1.54, 1.807) is 6.20 Å². The molecule has 1 aromatic rings. The molecule has 5 heteroatoms. The SMILES string of the molecule is C=CN/C(N=C)=C(/NCCl)C(=C)N(CCCCC)CCCCc1c(C)cc(C)cc1C. The molecule has 1 aromatic carbocycles. The van der Waals surface area contributed by atoms with Crippen LogP contribution in [0.2, 0.25) is 0 Å². The highest BCUT2D eigenvalue weighted by molar-refractivity contribution is 6.17. The lowest BCUT2D eigenvalue weighted by Gasteiger charge is -2.29. The molecule has 0 fully saturated rings. The summed E-state index contributed by atoms with van der Waals surface area (Å²) in [6.07, 6.45) is 8.44. The van der Waals surface area contributed by atoms with Crippen molar-refractivity contribution in [1.82, 2.24) is 15.5 Å². The van der Waals surface area contributed by atoms with Crippen molar-refractivity contribution >= 4 is 18.3 Å². The van der Waals surface area contributed by atoms with Crippen LogP contribution in [0.5, 0.6) is 0 Å². The first kappa shape index (κ1) is 26.8. The number of halogens is 1. The number of rotatable bonds is 16. The highest BCUT2D eigenvalue weighted by Crippen LogP contribution is 2.21. The Bertz CT molecular complexity index is 744. The summed E-state index contributed by atoms with van der Waals surface area (Å²) in [6, 6.07) is 4.83. The lowest BCUT2D eigenvalue weighted by molar-refractivity contribution is 0.329. The third-order valence-electron chi connectivity index (χ3n) is 5.52. The molecule has 0 bridgehead atoms. The molecule has 2 N–H and O–H groups in total. The van der Waals surface area contributed by atoms with E-state index in [1.807, 2.05) is 0 Å². The van der Waals surface area contributed by atoms with Crippen molar-refractivity contribution in [3.05, 3.63) is 71.0 Å². The molecule has 0 aliphatic carbocycles. The fourth-order valence-corrected chi connectivity index (χ4v) is 4.12. The minimum absolute atomic E-state index is 0.265. The van der Waals surface area contributed by atoms with Gasteiger partial charge in [-0.1, -0.05) is 50.6 Å². The van der Waals surface area contributed by atoms with Crippen LogP contribution < -0.4 is 10.6 Å². The smallest absolute Gasteiger partial charge is 0.154 e. The fourth-order valence-electron chi connectivity index (χ4n) is 3.98. The molecule has 0 unspecified atom stereocenters. The van der Waals surface area contributed by atoms with Gasteiger partial charge in [0.25, 0.3) is 0 Å². The number of nitrogens with zero attached hydrogens (tertiary/aromatic N) is 2. The normalized spacial score (nSPS) is 11.5. The number of aryl methyl sites for hydroxylation is 3. The van der Waals surface area contributed by atoms with Gasteiger partial charge in [0, 0.05) is 13.1 Å². The van der Waals surface area contributed by atoms with E-state index < -0.39 is 0 Å². The summed E-state index contributed by atoms with van der Waals surface area (Å²) in [5.74, 6) is 0.590. The molecule has 0 saturated carbocycles. The van der Waals surface area contributed by atoms with Gasteiger partial charge in [-0.05, 0) is 76.1 Å². The molecular formula is C26H41ClN4. The predicted octanol–water partition coefficient (Wildman–Crippen LogP) is 6.33. The highest BCUT2D eigenvalue weighted by Gasteiger charge is 2.16. The largest absolute Gasteiger partial charge is 0.370 e. The first-order valence-electron chi connectivity index (χ1n) is 11.3. The number of nitrogens with one attached hydrogen (secondary N) is 2. The third-order valence-corrected chi connectivity index (χ3v) is 5.66. The fraction of sp³-hybridized carbons (Fsp3) is 0.500. The van der Waals surface area contributed by atoms with Crippen LogP contribution >= 0.6 is 11.6 Å². The number of aliphatic imine (C=N–C) groups is 1. The summed E-state index contributed by atoms with van der Waals surface area (Å²) in [5.41, 5.74) is 7.27. The Morgan fingerprint density at radius 2 is 1.71 bits per heavy atom. The van der Waals surface area contributed by atoms with E-state index in [4.69, 9.17) is 11.6 Å². The molecule has 1 rings (SSSR count). The molecule has 172 valence electrons. The lowest BCUT2D eigenvalue weighted by Crippen LogP contribution is -2.31. The summed E-state index contributed by atoms with van der Waals surface area (Å²) >= 11 is 5.99. The number of unbranched alkanes of at least 4 members (excludes halogenated alkanes) is 3. The van der Waals surface area contributed by atoms with E-state index >= 15 is 0 Å². The van der Waals surface area contributed by atoms with Gasteiger partial charge in [0.2, 0.25) is 0 Å². The van der Waals surface area contributed by atoms with E-state index in [1.165, 1.54) is 35.1 Å². The molecule has 0 atom stereocenters. The zero-order chi connectivity index (χ0) is 23.2. The van der Waals surface area contributed by atoms with Crippen molar-refractivity contribution in [3.8, 4) is 0 Å². The maximum atomic E-state index is 5.99. The average molecular weight is 445 g/mol. The maximum absolute atomic E-state index is 5.99. The van der Waals surface area contributed by atoms with Gasteiger partial charge in [0.1, 0.15) is 5.70 Å². The van der Waals surface area contributed by atoms with E-state index in [-0.39, 0.29) is 6.00 Å². The van der Waals surface area contributed by atoms with Gasteiger partial charge < -0.3 is 15.5 Å². The van der Waals surface area contributed by atoms with Gasteiger partial charge in [-0.3, -0.25) is 0 Å². The molecule has 0 aliphatic rings. The Balaban J connectivity index is 2.89. The highest BCUT2D eigenvalue weighted by atomic mass is 35.5. The molecule has 0 amide bonds. The Kier molecular flexibility index (Phi) is 12.8. The first-order chi connectivity index (χ1) is 14.9. The quantitative estimate of drug-likeness (QED) is 0.103. The summed E-state index contributed by atoms with van der Waals surface area (Å²) in [5, 5.41) is 6.22. The van der Waals surface area contributed by atoms with Gasteiger partial charge in [-0.25, -0.2) is 4.99 Å². The minimum atomic E-state index is 0.265. The second-order valence-electron chi connectivity index (χ2n) is 8.02. The molecule has 0 radical (unpaired) electrons. The van der Waals surface area contributed by atoms with E-state index in [0.717, 1.165) is 50.2 Å². The van der Waals surface area contributed by atoms with Crippen LogP contribution in [0.25, 0.3) is 0 Å². The molecule has 4 nitrogen and oxygen atoms in total. The third kappa shape index (κ3) is 8.82. The van der Waals surface area contributed by atoms with Gasteiger partial charge in [0.15, 0.2) is 5.82 Å². The van der Waals surface area contributed by atoms with Crippen LogP contribution in [-0.4, -0.2) is 30.7 Å². The summed E-state index contributed by atoms with van der Waals surface area (Å²) in [7, 11) is 0. The first-order valence-corrected chi connectivity index (χ1v) is 11.8. The molecule has 0 saturated heterocycles. The zero-order valence-corrected chi connectivity index (χ0v) is 20.7. The van der Waals surface area contributed by atoms with Crippen molar-refractivity contribution in [2.24, 2.45) is 4.99 Å². The maximum Gasteiger partial charge on any atom is 0.154 e. The predicted molar refractivity (Wildman–Crippen MR) is 138 cm³/mol. The Hall–Kier alpha value is -2.20. The monoisotopic (exact) mass is 444 g/mol. The molecule has 0 spiro atoms. The lowest BCUT2D eigenvalue weighted by atomic mass is 9.95. The molecular weight excluding hydrogens is 404 g/mol. The number of alkyl halides is 1. The van der Waals surface area contributed by atoms with Gasteiger partial charge >= 0.3 is 0 Å². The Morgan fingerprint density at radius 1 is 1.10 bits per heavy atom. The van der Waals surface area contributed by atoms with Gasteiger partial charge in [-0.15, -0.1) is 11.6 Å². The van der Waals surface area contributed by atoms with Crippen LogP contribution in [0.4, 0.5) is 0 Å². The Morgan fingerprint density at radius 3 is 2.23 bits per heavy atom. The van der Waals surface area contributed by atoms with Crippen LogP contribution in [0.1, 0.15) is 61.3 Å². The van der Waals surface area contributed by atoms with Crippen molar-refractivity contribution < 1.29 is 0 Å². The second-order valence-corrected chi connectivity index (χ2v) is 8.28. The van der Waals surface area contributed by atoms with Crippen LogP contribution in [0, 0.1) is 20.8 Å². The van der Waals surface area contributed by atoms with E-state index in [9.17, 15) is 0 Å². The minimum Gasteiger partial charge on any atom is -0.370 e. The van der Waals surface area contributed by atoms with Crippen molar-refractivity contribution in [3.63, 3.8) is 0 Å². The van der Waals surface area contributed by atoms with Crippen molar-refractivity contribution in [2.75, 3.05) is 19.1 Å². The summed E-state index contributed by atoms with van der Waals surface area (Å²) < 4.78 is 0. The zero-order valence-electron chi connectivity index (χ0n) is 20.0. The number of benzene rings is 1. The topological polar surface area (TPSA) is 39.7 Å². The van der Waals surface area contributed by atoms with Crippen LogP contribution in [-0.2, 0) is 6.42 Å². The standard InChI is InChI=1S/C26H41ClN4/c1-8-10-12-15-31(23(6)25(30-19-27)26(28-7)29-9-2)16-13-11-14-24-21(4)17-20(3)18-22(24)5/h9,17-18,29-30H,2,6-8,10-16,19H2,1,3-5H3/b26-25+. The Labute approximate surface area is 195 Å². The summed E-state index contributed by atoms with van der Waals surface area (Å²) in [6.45, 7) is 22.5. The number of hydrogen-bond donors (Lipinski definition) is 2. The average Bonchev–Trinajstić information content (AvgIpc) is 2.73. The van der Waals surface area contributed by atoms with Crippen LogP contribution in [0.15, 0.2) is 53.7 Å². The van der Waals surface area contributed by atoms with Crippen molar-refractivity contribution in [2.45, 2.75) is 66.2 Å². The van der Waals surface area contributed by atoms with E-state index in [0.29, 0.717) is 5.82 Å². The van der Waals surface area contributed by atoms with Crippen LogP contribution in [0.3, 0.4) is 0 Å².